The van der Waals surface area contributed by atoms with E-state index in [2.05, 4.69) is 20.8 Å². The molecule has 0 unspecified atom stereocenters. The number of hydrogen-bond acceptors (Lipinski definition) is 6. The molecule has 0 heterocycles. The van der Waals surface area contributed by atoms with Gasteiger partial charge in [-0.15, -0.1) is 0 Å². The van der Waals surface area contributed by atoms with Crippen molar-refractivity contribution in [3.05, 3.63) is 0 Å². The van der Waals surface area contributed by atoms with Crippen LogP contribution in [0.3, 0.4) is 0 Å². The normalized spacial score (nSPS) is 28.7. The Hall–Kier alpha value is -1.11. The van der Waals surface area contributed by atoms with Gasteiger partial charge in [-0.1, -0.05) is 59.3 Å². The first-order valence-electron chi connectivity index (χ1n) is 16.7. The average molecular weight is 563 g/mol. The van der Waals surface area contributed by atoms with E-state index in [1.54, 1.807) is 0 Å². The first kappa shape index (κ1) is 33.4. The van der Waals surface area contributed by atoms with Gasteiger partial charge in [-0.3, -0.25) is 14.4 Å². The van der Waals surface area contributed by atoms with Crippen molar-refractivity contribution in [1.82, 2.24) is 0 Å². The Balaban J connectivity index is 1.61. The van der Waals surface area contributed by atoms with Gasteiger partial charge >= 0.3 is 0 Å². The second kappa shape index (κ2) is 16.5. The molecule has 0 spiro atoms. The van der Waals surface area contributed by atoms with Gasteiger partial charge < -0.3 is 14.2 Å². The minimum absolute atomic E-state index is 0.290. The molecule has 4 fully saturated rings. The van der Waals surface area contributed by atoms with E-state index in [-0.39, 0.29) is 16.8 Å². The number of ether oxygens (including phenoxy) is 3. The summed E-state index contributed by atoms with van der Waals surface area (Å²) in [5.41, 5.74) is -1.04. The van der Waals surface area contributed by atoms with E-state index in [0.717, 1.165) is 96.3 Å². The van der Waals surface area contributed by atoms with E-state index < -0.39 is 0 Å². The summed E-state index contributed by atoms with van der Waals surface area (Å²) in [7, 11) is 0. The highest BCUT2D eigenvalue weighted by molar-refractivity contribution is 5.79. The lowest BCUT2D eigenvalue weighted by atomic mass is 9.50. The van der Waals surface area contributed by atoms with Gasteiger partial charge in [0.2, 0.25) is 0 Å². The Morgan fingerprint density at radius 1 is 0.500 bits per heavy atom. The molecule has 6 nitrogen and oxygen atoms in total. The summed E-state index contributed by atoms with van der Waals surface area (Å²) in [5, 5.41) is 0. The van der Waals surface area contributed by atoms with Gasteiger partial charge in [-0.2, -0.15) is 0 Å². The van der Waals surface area contributed by atoms with Crippen molar-refractivity contribution in [2.75, 3.05) is 19.8 Å². The largest absolute Gasteiger partial charge is 0.374 e. The summed E-state index contributed by atoms with van der Waals surface area (Å²) in [6, 6.07) is 0. The van der Waals surface area contributed by atoms with Crippen molar-refractivity contribution in [1.29, 1.82) is 0 Å². The van der Waals surface area contributed by atoms with Gasteiger partial charge in [0.15, 0.2) is 0 Å². The zero-order valence-electron chi connectivity index (χ0n) is 26.0. The zero-order valence-corrected chi connectivity index (χ0v) is 26.0. The molecule has 0 aromatic carbocycles. The van der Waals surface area contributed by atoms with Gasteiger partial charge in [0.1, 0.15) is 17.3 Å². The van der Waals surface area contributed by atoms with Crippen molar-refractivity contribution in [3.63, 3.8) is 0 Å². The van der Waals surface area contributed by atoms with E-state index in [1.165, 1.54) is 0 Å². The molecule has 0 N–H and O–H groups in total. The maximum absolute atomic E-state index is 12.4. The second-order valence-corrected chi connectivity index (χ2v) is 13.3. The second-order valence-electron chi connectivity index (χ2n) is 13.3. The number of unbranched alkanes of at least 4 members (excludes halogenated alkanes) is 6. The van der Waals surface area contributed by atoms with Crippen LogP contribution in [0.25, 0.3) is 0 Å². The summed E-state index contributed by atoms with van der Waals surface area (Å²) in [6.45, 7) is 7.82. The molecule has 4 saturated carbocycles. The standard InChI is InChI=1S/C34H58O6/c1-4-7-10-13-29(35)16-19-38-32-22-28-23-33(25-32,39-20-17-30(36)14-11-8-5-2)27-34(24-28,26-32)40-21-18-31(37)15-12-9-6-3/h28H,4-27H2,1-3H3. The molecular formula is C34H58O6. The Kier molecular flexibility index (Phi) is 13.8. The smallest absolute Gasteiger partial charge is 0.135 e. The molecule has 4 rings (SSSR count). The highest BCUT2D eigenvalue weighted by Crippen LogP contribution is 2.63. The molecule has 4 aliphatic carbocycles. The molecule has 0 radical (unpaired) electrons. The van der Waals surface area contributed by atoms with Crippen LogP contribution in [-0.4, -0.2) is 54.0 Å². The molecule has 0 aromatic heterocycles. The number of hydrogen-bond donors (Lipinski definition) is 0. The summed E-state index contributed by atoms with van der Waals surface area (Å²) in [5.74, 6) is 1.31. The van der Waals surface area contributed by atoms with E-state index in [4.69, 9.17) is 14.2 Å². The fourth-order valence-electron chi connectivity index (χ4n) is 7.90. The Morgan fingerprint density at radius 3 is 1.07 bits per heavy atom. The number of ketones is 3. The predicted molar refractivity (Wildman–Crippen MR) is 159 cm³/mol. The van der Waals surface area contributed by atoms with Crippen LogP contribution in [0.2, 0.25) is 0 Å². The first-order chi connectivity index (χ1) is 19.3. The van der Waals surface area contributed by atoms with Gasteiger partial charge in [0.05, 0.1) is 36.6 Å². The minimum Gasteiger partial charge on any atom is -0.374 e. The fraction of sp³-hybridized carbons (Fsp3) is 0.912. The topological polar surface area (TPSA) is 78.9 Å². The lowest BCUT2D eigenvalue weighted by Gasteiger charge is -2.65. The molecule has 4 bridgehead atoms. The van der Waals surface area contributed by atoms with Gasteiger partial charge in [-0.25, -0.2) is 0 Å². The molecule has 0 amide bonds. The van der Waals surface area contributed by atoms with Gasteiger partial charge in [0, 0.05) is 57.8 Å². The molecule has 230 valence electrons. The van der Waals surface area contributed by atoms with Crippen LogP contribution in [0.15, 0.2) is 0 Å². The number of rotatable bonds is 24. The lowest BCUT2D eigenvalue weighted by molar-refractivity contribution is -0.290. The number of Topliss-reactive ketones (excluding diaryl/α,β-unsaturated/α-hetero) is 3. The summed E-state index contributed by atoms with van der Waals surface area (Å²) in [4.78, 5) is 37.3. The fourth-order valence-corrected chi connectivity index (χ4v) is 7.90. The number of carbonyl (C=O) groups excluding carboxylic acids is 3. The Morgan fingerprint density at radius 2 is 0.800 bits per heavy atom. The van der Waals surface area contributed by atoms with E-state index in [0.29, 0.717) is 81.6 Å². The molecule has 4 aliphatic rings. The lowest BCUT2D eigenvalue weighted by Crippen LogP contribution is -2.68. The van der Waals surface area contributed by atoms with Crippen molar-refractivity contribution in [2.24, 2.45) is 5.92 Å². The maximum atomic E-state index is 12.4. The molecule has 40 heavy (non-hydrogen) atoms. The van der Waals surface area contributed by atoms with Gasteiger partial charge in [-0.05, 0) is 44.4 Å². The zero-order chi connectivity index (χ0) is 28.9. The molecule has 0 saturated heterocycles. The van der Waals surface area contributed by atoms with Crippen LogP contribution in [-0.2, 0) is 28.6 Å². The predicted octanol–water partition coefficient (Wildman–Crippen LogP) is 7.87. The van der Waals surface area contributed by atoms with Crippen molar-refractivity contribution < 1.29 is 28.6 Å². The van der Waals surface area contributed by atoms with Crippen LogP contribution in [0.4, 0.5) is 0 Å². The Bertz CT molecular complexity index is 694. The molecular weight excluding hydrogens is 504 g/mol. The minimum atomic E-state index is -0.348. The maximum Gasteiger partial charge on any atom is 0.135 e. The molecule has 0 atom stereocenters. The van der Waals surface area contributed by atoms with Crippen molar-refractivity contribution >= 4 is 17.3 Å². The third kappa shape index (κ3) is 10.3. The SMILES string of the molecule is CCCCCC(=O)CCOC12CC3CC(OCCC(=O)CCCCC)(C1)CC(OCCC(=O)CCCCC)(C3)C2. The van der Waals surface area contributed by atoms with Crippen LogP contribution >= 0.6 is 0 Å². The third-order valence-corrected chi connectivity index (χ3v) is 9.46. The van der Waals surface area contributed by atoms with Crippen LogP contribution in [0.1, 0.15) is 156 Å². The van der Waals surface area contributed by atoms with E-state index in [9.17, 15) is 14.4 Å². The molecule has 0 aromatic rings. The van der Waals surface area contributed by atoms with Gasteiger partial charge in [0.25, 0.3) is 0 Å². The molecule has 0 aliphatic heterocycles. The summed E-state index contributed by atoms with van der Waals surface area (Å²) in [6.07, 6.45) is 18.3. The van der Waals surface area contributed by atoms with Crippen LogP contribution in [0, 0.1) is 5.92 Å². The number of carbonyl (C=O) groups is 3. The average Bonchev–Trinajstić information content (AvgIpc) is 2.88. The Labute approximate surface area is 244 Å². The van der Waals surface area contributed by atoms with E-state index in [1.807, 2.05) is 0 Å². The summed E-state index contributed by atoms with van der Waals surface area (Å²) < 4.78 is 19.9. The third-order valence-electron chi connectivity index (χ3n) is 9.46. The van der Waals surface area contributed by atoms with Crippen molar-refractivity contribution in [3.8, 4) is 0 Å². The van der Waals surface area contributed by atoms with Crippen LogP contribution in [0.5, 0.6) is 0 Å². The highest BCUT2D eigenvalue weighted by Gasteiger charge is 2.65. The van der Waals surface area contributed by atoms with E-state index >= 15 is 0 Å². The monoisotopic (exact) mass is 562 g/mol. The highest BCUT2D eigenvalue weighted by atomic mass is 16.5. The first-order valence-corrected chi connectivity index (χ1v) is 16.7. The molecule has 6 heteroatoms. The van der Waals surface area contributed by atoms with Crippen LogP contribution < -0.4 is 0 Å². The summed E-state index contributed by atoms with van der Waals surface area (Å²) >= 11 is 0. The van der Waals surface area contributed by atoms with Crippen molar-refractivity contribution in [2.45, 2.75) is 172 Å². The quantitative estimate of drug-likeness (QED) is 0.111.